The third kappa shape index (κ3) is 3.51. The van der Waals surface area contributed by atoms with Gasteiger partial charge in [-0.2, -0.15) is 0 Å². The summed E-state index contributed by atoms with van der Waals surface area (Å²) in [5, 5.41) is 2.03. The molecule has 5 heteroatoms. The van der Waals surface area contributed by atoms with Crippen LogP contribution in [0.25, 0.3) is 16.2 Å². The van der Waals surface area contributed by atoms with E-state index in [4.69, 9.17) is 4.98 Å². The highest BCUT2D eigenvalue weighted by Gasteiger charge is 2.17. The zero-order valence-electron chi connectivity index (χ0n) is 15.4. The molecular formula is C22H21N3OS. The van der Waals surface area contributed by atoms with E-state index in [1.54, 1.807) is 11.3 Å². The van der Waals surface area contributed by atoms with Gasteiger partial charge in [0.15, 0.2) is 4.96 Å². The number of carbonyl (C=O) groups excluding carboxylic acids is 1. The molecule has 0 aliphatic rings. The minimum atomic E-state index is 0.0917. The van der Waals surface area contributed by atoms with Crippen molar-refractivity contribution in [1.82, 2.24) is 9.38 Å². The first-order valence-corrected chi connectivity index (χ1v) is 9.91. The maximum absolute atomic E-state index is 12.9. The molecule has 0 fully saturated rings. The fourth-order valence-corrected chi connectivity index (χ4v) is 4.05. The number of para-hydroxylation sites is 1. The van der Waals surface area contributed by atoms with Crippen LogP contribution in [-0.4, -0.2) is 21.8 Å². The molecule has 2 heterocycles. The number of carbonyl (C=O) groups is 1. The number of nitrogens with zero attached hydrogens (tertiary/aromatic N) is 3. The minimum absolute atomic E-state index is 0.0917. The Kier molecular flexibility index (Phi) is 4.77. The summed E-state index contributed by atoms with van der Waals surface area (Å²) in [5.41, 5.74) is 5.16. The van der Waals surface area contributed by atoms with Gasteiger partial charge in [0.1, 0.15) is 0 Å². The average molecular weight is 375 g/mol. The molecule has 0 bridgehead atoms. The molecule has 0 atom stereocenters. The van der Waals surface area contributed by atoms with Crippen LogP contribution in [0.5, 0.6) is 0 Å². The van der Waals surface area contributed by atoms with Crippen molar-refractivity contribution in [1.29, 1.82) is 0 Å². The second kappa shape index (κ2) is 7.37. The zero-order chi connectivity index (χ0) is 18.8. The quantitative estimate of drug-likeness (QED) is 0.494. The van der Waals surface area contributed by atoms with Crippen LogP contribution in [0.2, 0.25) is 0 Å². The lowest BCUT2D eigenvalue weighted by atomic mass is 10.1. The van der Waals surface area contributed by atoms with Crippen molar-refractivity contribution in [3.05, 3.63) is 77.4 Å². The number of hydrogen-bond acceptors (Lipinski definition) is 3. The molecule has 0 spiro atoms. The van der Waals surface area contributed by atoms with Crippen molar-refractivity contribution >= 4 is 27.9 Å². The van der Waals surface area contributed by atoms with Crippen LogP contribution in [-0.2, 0) is 11.2 Å². The van der Waals surface area contributed by atoms with Crippen LogP contribution in [0, 0.1) is 6.92 Å². The van der Waals surface area contributed by atoms with Gasteiger partial charge < -0.3 is 4.90 Å². The molecular weight excluding hydrogens is 354 g/mol. The number of rotatable bonds is 5. The van der Waals surface area contributed by atoms with E-state index in [9.17, 15) is 4.79 Å². The summed E-state index contributed by atoms with van der Waals surface area (Å²) in [4.78, 5) is 20.4. The lowest BCUT2D eigenvalue weighted by molar-refractivity contribution is -0.118. The second-order valence-corrected chi connectivity index (χ2v) is 7.36. The van der Waals surface area contributed by atoms with E-state index in [0.717, 1.165) is 27.6 Å². The van der Waals surface area contributed by atoms with E-state index in [0.29, 0.717) is 13.0 Å². The number of likely N-dealkylation sites (N-methyl/N-ethyl adjacent to an activating group) is 1. The molecule has 2 aromatic heterocycles. The first kappa shape index (κ1) is 17.5. The van der Waals surface area contributed by atoms with Crippen LogP contribution < -0.4 is 4.90 Å². The Bertz CT molecular complexity index is 1060. The number of thiazole rings is 1. The molecule has 0 radical (unpaired) electrons. The van der Waals surface area contributed by atoms with Gasteiger partial charge in [0.05, 0.1) is 12.1 Å². The Balaban J connectivity index is 1.60. The van der Waals surface area contributed by atoms with E-state index in [1.807, 2.05) is 58.1 Å². The molecule has 4 nitrogen and oxygen atoms in total. The van der Waals surface area contributed by atoms with Crippen LogP contribution in [0.4, 0.5) is 5.69 Å². The van der Waals surface area contributed by atoms with Crippen LogP contribution in [0.15, 0.2) is 66.2 Å². The van der Waals surface area contributed by atoms with Gasteiger partial charge in [-0.25, -0.2) is 4.98 Å². The number of fused-ring (bicyclic) bond motifs is 1. The van der Waals surface area contributed by atoms with Crippen LogP contribution >= 0.6 is 11.3 Å². The molecule has 27 heavy (non-hydrogen) atoms. The normalized spacial score (nSPS) is 11.0. The molecule has 4 rings (SSSR count). The maximum atomic E-state index is 12.9. The summed E-state index contributed by atoms with van der Waals surface area (Å²) >= 11 is 1.57. The highest BCUT2D eigenvalue weighted by Crippen LogP contribution is 2.25. The summed E-state index contributed by atoms with van der Waals surface area (Å²) in [6.07, 6.45) is 2.38. The van der Waals surface area contributed by atoms with Gasteiger partial charge in [-0.05, 0) is 26.0 Å². The van der Waals surface area contributed by atoms with Gasteiger partial charge in [0, 0.05) is 35.1 Å². The lowest BCUT2D eigenvalue weighted by Gasteiger charge is -2.20. The average Bonchev–Trinajstić information content (AvgIpc) is 3.26. The summed E-state index contributed by atoms with van der Waals surface area (Å²) < 4.78 is 2.04. The predicted molar refractivity (Wildman–Crippen MR) is 111 cm³/mol. The molecule has 0 aliphatic carbocycles. The number of aromatic nitrogens is 2. The smallest absolute Gasteiger partial charge is 0.232 e. The third-order valence-electron chi connectivity index (χ3n) is 4.65. The highest BCUT2D eigenvalue weighted by molar-refractivity contribution is 7.15. The highest BCUT2D eigenvalue weighted by atomic mass is 32.1. The Morgan fingerprint density at radius 2 is 1.85 bits per heavy atom. The maximum Gasteiger partial charge on any atom is 0.232 e. The van der Waals surface area contributed by atoms with Crippen molar-refractivity contribution in [3.63, 3.8) is 0 Å². The van der Waals surface area contributed by atoms with Crippen molar-refractivity contribution in [2.75, 3.05) is 11.4 Å². The molecule has 0 N–H and O–H groups in total. The van der Waals surface area contributed by atoms with Crippen molar-refractivity contribution in [2.24, 2.45) is 0 Å². The predicted octanol–water partition coefficient (Wildman–Crippen LogP) is 4.97. The number of anilines is 1. The third-order valence-corrected chi connectivity index (χ3v) is 5.54. The first-order valence-electron chi connectivity index (χ1n) is 9.03. The molecule has 0 saturated carbocycles. The summed E-state index contributed by atoms with van der Waals surface area (Å²) in [6.45, 7) is 4.72. The van der Waals surface area contributed by atoms with E-state index in [2.05, 4.69) is 31.2 Å². The fraction of sp³-hybridized carbons (Fsp3) is 0.182. The van der Waals surface area contributed by atoms with Gasteiger partial charge in [0.2, 0.25) is 5.91 Å². The van der Waals surface area contributed by atoms with Gasteiger partial charge in [-0.1, -0.05) is 48.0 Å². The van der Waals surface area contributed by atoms with Gasteiger partial charge >= 0.3 is 0 Å². The van der Waals surface area contributed by atoms with Crippen molar-refractivity contribution < 1.29 is 4.79 Å². The van der Waals surface area contributed by atoms with E-state index >= 15 is 0 Å². The number of imidazole rings is 1. The fourth-order valence-electron chi connectivity index (χ4n) is 3.18. The van der Waals surface area contributed by atoms with Gasteiger partial charge in [0.25, 0.3) is 0 Å². The van der Waals surface area contributed by atoms with Gasteiger partial charge in [-0.3, -0.25) is 9.20 Å². The number of aryl methyl sites for hydroxylation is 1. The summed E-state index contributed by atoms with van der Waals surface area (Å²) in [5.74, 6) is 0.0917. The van der Waals surface area contributed by atoms with Crippen molar-refractivity contribution in [3.8, 4) is 11.3 Å². The Labute approximate surface area is 162 Å². The van der Waals surface area contributed by atoms with Gasteiger partial charge in [-0.15, -0.1) is 11.3 Å². The Morgan fingerprint density at radius 3 is 2.56 bits per heavy atom. The van der Waals surface area contributed by atoms with Crippen molar-refractivity contribution in [2.45, 2.75) is 20.3 Å². The van der Waals surface area contributed by atoms with Crippen LogP contribution in [0.3, 0.4) is 0 Å². The second-order valence-electron chi connectivity index (χ2n) is 6.52. The first-order chi connectivity index (χ1) is 13.2. The number of benzene rings is 2. The van der Waals surface area contributed by atoms with E-state index < -0.39 is 0 Å². The number of hydrogen-bond donors (Lipinski definition) is 0. The molecule has 1 amide bonds. The summed E-state index contributed by atoms with van der Waals surface area (Å²) in [7, 11) is 0. The Hall–Kier alpha value is -2.92. The zero-order valence-corrected chi connectivity index (χ0v) is 16.2. The minimum Gasteiger partial charge on any atom is -0.312 e. The van der Waals surface area contributed by atoms with E-state index in [1.165, 1.54) is 5.56 Å². The molecule has 0 unspecified atom stereocenters. The topological polar surface area (TPSA) is 37.6 Å². The molecule has 0 aliphatic heterocycles. The largest absolute Gasteiger partial charge is 0.312 e. The standard InChI is InChI=1S/C22H21N3OS/c1-3-24(18-7-5-4-6-8-18)21(26)13-19-15-27-22-23-20(14-25(19)22)17-11-9-16(2)10-12-17/h4-12,14-15H,3,13H2,1-2H3. The molecule has 4 aromatic rings. The molecule has 136 valence electrons. The summed E-state index contributed by atoms with van der Waals surface area (Å²) in [6, 6.07) is 18.2. The molecule has 2 aromatic carbocycles. The SMILES string of the molecule is CCN(C(=O)Cc1csc2nc(-c3ccc(C)cc3)cn12)c1ccccc1. The van der Waals surface area contributed by atoms with Crippen LogP contribution in [0.1, 0.15) is 18.2 Å². The number of amides is 1. The lowest BCUT2D eigenvalue weighted by Crippen LogP contribution is -2.32. The van der Waals surface area contributed by atoms with E-state index in [-0.39, 0.29) is 5.91 Å². The molecule has 0 saturated heterocycles. The monoisotopic (exact) mass is 375 g/mol. The Morgan fingerprint density at radius 1 is 1.11 bits per heavy atom.